The molecule has 0 saturated carbocycles. The Morgan fingerprint density at radius 1 is 1.16 bits per heavy atom. The topological polar surface area (TPSA) is 81.9 Å². The number of benzene rings is 2. The summed E-state index contributed by atoms with van der Waals surface area (Å²) in [7, 11) is 0. The summed E-state index contributed by atoms with van der Waals surface area (Å²) in [5.41, 5.74) is 3.19. The fourth-order valence-electron chi connectivity index (χ4n) is 3.08. The van der Waals surface area contributed by atoms with E-state index in [1.807, 2.05) is 54.8 Å². The molecule has 160 valence electrons. The third kappa shape index (κ3) is 4.88. The van der Waals surface area contributed by atoms with Gasteiger partial charge in [0, 0.05) is 6.54 Å². The number of aromatic nitrogens is 4. The highest BCUT2D eigenvalue weighted by atomic mass is 32.2. The van der Waals surface area contributed by atoms with Crippen LogP contribution in [0.5, 0.6) is 5.75 Å². The molecule has 2 aromatic heterocycles. The number of ether oxygens (including phenoxy) is 1. The van der Waals surface area contributed by atoms with Crippen LogP contribution in [0.3, 0.4) is 0 Å². The molecule has 9 heteroatoms. The fraction of sp³-hybridized carbons (Fsp3) is 0.273. The molecule has 4 rings (SSSR count). The second kappa shape index (κ2) is 9.49. The smallest absolute Gasteiger partial charge is 0.236 e. The summed E-state index contributed by atoms with van der Waals surface area (Å²) in [6.07, 6.45) is 0. The van der Waals surface area contributed by atoms with Crippen LogP contribution in [0.15, 0.2) is 47.6 Å². The lowest BCUT2D eigenvalue weighted by atomic mass is 10.1. The Hall–Kier alpha value is -2.91. The van der Waals surface area contributed by atoms with Crippen LogP contribution >= 0.6 is 23.1 Å². The van der Waals surface area contributed by atoms with E-state index in [9.17, 15) is 4.79 Å². The Morgan fingerprint density at radius 3 is 2.81 bits per heavy atom. The van der Waals surface area contributed by atoms with Crippen LogP contribution in [-0.4, -0.2) is 31.4 Å². The van der Waals surface area contributed by atoms with Gasteiger partial charge in [0.05, 0.1) is 16.0 Å². The standard InChI is InChI=1S/C22H23N5O2S2/c1-4-27-19(12-29-17-10-7-8-14(2)15(17)3)25-26-22(27)30-13-20(28)24-21-23-16-9-5-6-11-18(16)31-21/h5-11H,4,12-13H2,1-3H3,(H,23,24,28). The van der Waals surface area contributed by atoms with Crippen molar-refractivity contribution in [3.8, 4) is 5.75 Å². The molecular weight excluding hydrogens is 430 g/mol. The summed E-state index contributed by atoms with van der Waals surface area (Å²) in [5, 5.41) is 12.7. The van der Waals surface area contributed by atoms with Gasteiger partial charge in [-0.05, 0) is 50.1 Å². The maximum Gasteiger partial charge on any atom is 0.236 e. The van der Waals surface area contributed by atoms with Crippen molar-refractivity contribution in [2.75, 3.05) is 11.1 Å². The first-order valence-corrected chi connectivity index (χ1v) is 11.7. The lowest BCUT2D eigenvalue weighted by Gasteiger charge is -2.11. The zero-order valence-electron chi connectivity index (χ0n) is 17.6. The van der Waals surface area contributed by atoms with Gasteiger partial charge >= 0.3 is 0 Å². The van der Waals surface area contributed by atoms with Crippen molar-refractivity contribution in [1.29, 1.82) is 0 Å². The zero-order chi connectivity index (χ0) is 21.8. The Balaban J connectivity index is 1.36. The predicted octanol–water partition coefficient (Wildman–Crippen LogP) is 4.83. The van der Waals surface area contributed by atoms with E-state index in [2.05, 4.69) is 33.5 Å². The van der Waals surface area contributed by atoms with Crippen molar-refractivity contribution in [2.45, 2.75) is 39.1 Å². The molecule has 0 aliphatic rings. The normalized spacial score (nSPS) is 11.1. The summed E-state index contributed by atoms with van der Waals surface area (Å²) >= 11 is 2.82. The molecule has 31 heavy (non-hydrogen) atoms. The number of amides is 1. The molecule has 0 aliphatic carbocycles. The van der Waals surface area contributed by atoms with Gasteiger partial charge in [0.1, 0.15) is 12.4 Å². The number of aryl methyl sites for hydroxylation is 1. The summed E-state index contributed by atoms with van der Waals surface area (Å²) < 4.78 is 8.99. The number of para-hydroxylation sites is 1. The number of carbonyl (C=O) groups excluding carboxylic acids is 1. The molecule has 0 radical (unpaired) electrons. The maximum atomic E-state index is 12.4. The Morgan fingerprint density at radius 2 is 2.00 bits per heavy atom. The number of nitrogens with zero attached hydrogens (tertiary/aromatic N) is 4. The minimum Gasteiger partial charge on any atom is -0.485 e. The van der Waals surface area contributed by atoms with Gasteiger partial charge in [0.15, 0.2) is 16.1 Å². The summed E-state index contributed by atoms with van der Waals surface area (Å²) in [6, 6.07) is 13.8. The van der Waals surface area contributed by atoms with Crippen molar-refractivity contribution in [3.63, 3.8) is 0 Å². The molecule has 4 aromatic rings. The number of hydrogen-bond donors (Lipinski definition) is 1. The Labute approximate surface area is 188 Å². The second-order valence-corrected chi connectivity index (χ2v) is 8.93. The number of carbonyl (C=O) groups is 1. The van der Waals surface area contributed by atoms with Gasteiger partial charge in [-0.25, -0.2) is 4.98 Å². The van der Waals surface area contributed by atoms with E-state index >= 15 is 0 Å². The third-order valence-electron chi connectivity index (χ3n) is 4.89. The van der Waals surface area contributed by atoms with Crippen LogP contribution in [-0.2, 0) is 17.9 Å². The van der Waals surface area contributed by atoms with E-state index in [0.29, 0.717) is 23.4 Å². The molecule has 0 fully saturated rings. The van der Waals surface area contributed by atoms with Crippen LogP contribution in [0.1, 0.15) is 23.9 Å². The highest BCUT2D eigenvalue weighted by Crippen LogP contribution is 2.26. The first-order valence-electron chi connectivity index (χ1n) is 9.94. The predicted molar refractivity (Wildman–Crippen MR) is 125 cm³/mol. The minimum absolute atomic E-state index is 0.122. The number of fused-ring (bicyclic) bond motifs is 1. The largest absolute Gasteiger partial charge is 0.485 e. The fourth-order valence-corrected chi connectivity index (χ4v) is 4.79. The Bertz CT molecular complexity index is 1180. The molecule has 2 heterocycles. The molecule has 0 unspecified atom stereocenters. The lowest BCUT2D eigenvalue weighted by molar-refractivity contribution is -0.113. The summed E-state index contributed by atoms with van der Waals surface area (Å²) in [4.78, 5) is 16.8. The Kier molecular flexibility index (Phi) is 6.53. The molecule has 0 atom stereocenters. The summed E-state index contributed by atoms with van der Waals surface area (Å²) in [5.74, 6) is 1.68. The first-order chi connectivity index (χ1) is 15.0. The zero-order valence-corrected chi connectivity index (χ0v) is 19.2. The molecule has 0 saturated heterocycles. The first kappa shape index (κ1) is 21.3. The SMILES string of the molecule is CCn1c(COc2cccc(C)c2C)nnc1SCC(=O)Nc1nc2ccccc2s1. The number of anilines is 1. The van der Waals surface area contributed by atoms with Gasteiger partial charge in [-0.3, -0.25) is 4.79 Å². The van der Waals surface area contributed by atoms with Crippen LogP contribution in [0.25, 0.3) is 10.2 Å². The quantitative estimate of drug-likeness (QED) is 0.385. The van der Waals surface area contributed by atoms with E-state index in [0.717, 1.165) is 27.4 Å². The number of thioether (sulfide) groups is 1. The number of hydrogen-bond acceptors (Lipinski definition) is 7. The van der Waals surface area contributed by atoms with Crippen LogP contribution < -0.4 is 10.1 Å². The molecule has 0 spiro atoms. The highest BCUT2D eigenvalue weighted by molar-refractivity contribution is 7.99. The van der Waals surface area contributed by atoms with E-state index in [4.69, 9.17) is 4.74 Å². The molecule has 0 aliphatic heterocycles. The van der Waals surface area contributed by atoms with E-state index in [-0.39, 0.29) is 11.7 Å². The minimum atomic E-state index is -0.122. The van der Waals surface area contributed by atoms with Gasteiger partial charge in [-0.1, -0.05) is 47.4 Å². The second-order valence-electron chi connectivity index (χ2n) is 6.95. The highest BCUT2D eigenvalue weighted by Gasteiger charge is 2.15. The maximum absolute atomic E-state index is 12.4. The molecule has 2 aromatic carbocycles. The monoisotopic (exact) mass is 453 g/mol. The van der Waals surface area contributed by atoms with Crippen LogP contribution in [0, 0.1) is 13.8 Å². The lowest BCUT2D eigenvalue weighted by Crippen LogP contribution is -2.14. The molecule has 1 amide bonds. The average Bonchev–Trinajstić information content (AvgIpc) is 3.35. The van der Waals surface area contributed by atoms with E-state index in [1.54, 1.807) is 0 Å². The van der Waals surface area contributed by atoms with E-state index < -0.39 is 0 Å². The van der Waals surface area contributed by atoms with Crippen molar-refractivity contribution in [1.82, 2.24) is 19.7 Å². The van der Waals surface area contributed by atoms with Crippen LogP contribution in [0.4, 0.5) is 5.13 Å². The summed E-state index contributed by atoms with van der Waals surface area (Å²) in [6.45, 7) is 7.14. The molecule has 7 nitrogen and oxygen atoms in total. The third-order valence-corrected chi connectivity index (χ3v) is 6.81. The van der Waals surface area contributed by atoms with Crippen molar-refractivity contribution < 1.29 is 9.53 Å². The van der Waals surface area contributed by atoms with Gasteiger partial charge in [-0.2, -0.15) is 0 Å². The van der Waals surface area contributed by atoms with Crippen molar-refractivity contribution in [3.05, 3.63) is 59.4 Å². The van der Waals surface area contributed by atoms with Gasteiger partial charge in [0.25, 0.3) is 0 Å². The van der Waals surface area contributed by atoms with Gasteiger partial charge < -0.3 is 14.6 Å². The van der Waals surface area contributed by atoms with E-state index in [1.165, 1.54) is 28.7 Å². The number of nitrogens with one attached hydrogen (secondary N) is 1. The number of thiazole rings is 1. The van der Waals surface area contributed by atoms with Gasteiger partial charge in [0.2, 0.25) is 5.91 Å². The van der Waals surface area contributed by atoms with Crippen molar-refractivity contribution in [2.24, 2.45) is 0 Å². The van der Waals surface area contributed by atoms with Crippen LogP contribution in [0.2, 0.25) is 0 Å². The average molecular weight is 454 g/mol. The van der Waals surface area contributed by atoms with Crippen molar-refractivity contribution >= 4 is 44.4 Å². The molecule has 1 N–H and O–H groups in total. The van der Waals surface area contributed by atoms with Gasteiger partial charge in [-0.15, -0.1) is 10.2 Å². The number of rotatable bonds is 8. The molecule has 0 bridgehead atoms. The molecular formula is C22H23N5O2S2.